The van der Waals surface area contributed by atoms with Gasteiger partial charge in [0.15, 0.2) is 0 Å². The van der Waals surface area contributed by atoms with E-state index in [2.05, 4.69) is 18.3 Å². The number of hydrogen-bond acceptors (Lipinski definition) is 2. The average molecular weight is 235 g/mol. The molecular formula is C15H25NO. The minimum atomic E-state index is 0.522. The molecule has 3 aliphatic rings. The molecule has 3 rings (SSSR count). The fourth-order valence-electron chi connectivity index (χ4n) is 3.98. The summed E-state index contributed by atoms with van der Waals surface area (Å²) in [5.74, 6) is 4.14. The van der Waals surface area contributed by atoms with Crippen LogP contribution in [-0.2, 0) is 4.74 Å². The third kappa shape index (κ3) is 2.24. The SMILES string of the molecule is CCNC(C1=CCCCO1)C1C2CCCCC21. The van der Waals surface area contributed by atoms with Crippen molar-refractivity contribution in [3.05, 3.63) is 11.8 Å². The zero-order valence-corrected chi connectivity index (χ0v) is 11.0. The molecule has 3 atom stereocenters. The summed E-state index contributed by atoms with van der Waals surface area (Å²) in [6, 6.07) is 0.522. The van der Waals surface area contributed by atoms with Crippen LogP contribution in [-0.4, -0.2) is 19.2 Å². The van der Waals surface area contributed by atoms with E-state index in [9.17, 15) is 0 Å². The Morgan fingerprint density at radius 3 is 2.65 bits per heavy atom. The highest BCUT2D eigenvalue weighted by molar-refractivity contribution is 5.16. The first kappa shape index (κ1) is 11.6. The van der Waals surface area contributed by atoms with Crippen LogP contribution in [0.3, 0.4) is 0 Å². The van der Waals surface area contributed by atoms with Gasteiger partial charge in [-0.3, -0.25) is 0 Å². The Labute approximate surface area is 105 Å². The lowest BCUT2D eigenvalue weighted by Crippen LogP contribution is -2.35. The highest BCUT2D eigenvalue weighted by Crippen LogP contribution is 2.58. The van der Waals surface area contributed by atoms with Crippen LogP contribution < -0.4 is 5.32 Å². The molecule has 96 valence electrons. The number of hydrogen-bond donors (Lipinski definition) is 1. The van der Waals surface area contributed by atoms with Crippen molar-refractivity contribution in [1.29, 1.82) is 0 Å². The molecule has 2 heteroatoms. The quantitative estimate of drug-likeness (QED) is 0.808. The maximum absolute atomic E-state index is 5.90. The first-order chi connectivity index (χ1) is 8.42. The van der Waals surface area contributed by atoms with E-state index in [1.165, 1.54) is 44.3 Å². The molecule has 17 heavy (non-hydrogen) atoms. The smallest absolute Gasteiger partial charge is 0.109 e. The van der Waals surface area contributed by atoms with Gasteiger partial charge in [0, 0.05) is 0 Å². The average Bonchev–Trinajstić information content (AvgIpc) is 3.11. The van der Waals surface area contributed by atoms with Gasteiger partial charge in [-0.05, 0) is 56.1 Å². The zero-order valence-electron chi connectivity index (χ0n) is 11.0. The van der Waals surface area contributed by atoms with E-state index in [0.29, 0.717) is 6.04 Å². The van der Waals surface area contributed by atoms with Crippen LogP contribution in [0.2, 0.25) is 0 Å². The monoisotopic (exact) mass is 235 g/mol. The van der Waals surface area contributed by atoms with Gasteiger partial charge >= 0.3 is 0 Å². The standard InChI is InChI=1S/C15H25NO/c1-2-16-15(13-9-5-6-10-17-13)14-11-7-3-4-8-12(11)14/h9,11-12,14-16H,2-8,10H2,1H3. The van der Waals surface area contributed by atoms with E-state index in [1.807, 2.05) is 0 Å². The Morgan fingerprint density at radius 2 is 2.06 bits per heavy atom. The molecule has 0 bridgehead atoms. The second-order valence-electron chi connectivity index (χ2n) is 5.82. The first-order valence-corrected chi connectivity index (χ1v) is 7.48. The maximum Gasteiger partial charge on any atom is 0.109 e. The van der Waals surface area contributed by atoms with Crippen LogP contribution in [0.4, 0.5) is 0 Å². The van der Waals surface area contributed by atoms with Crippen LogP contribution in [0, 0.1) is 17.8 Å². The minimum Gasteiger partial charge on any atom is -0.497 e. The molecule has 0 amide bonds. The third-order valence-electron chi connectivity index (χ3n) is 4.80. The van der Waals surface area contributed by atoms with Crippen molar-refractivity contribution in [2.75, 3.05) is 13.2 Å². The van der Waals surface area contributed by atoms with Crippen molar-refractivity contribution in [2.24, 2.45) is 17.8 Å². The van der Waals surface area contributed by atoms with E-state index in [4.69, 9.17) is 4.74 Å². The Balaban J connectivity index is 1.69. The van der Waals surface area contributed by atoms with Crippen molar-refractivity contribution >= 4 is 0 Å². The largest absolute Gasteiger partial charge is 0.497 e. The van der Waals surface area contributed by atoms with Gasteiger partial charge in [0.25, 0.3) is 0 Å². The molecule has 0 aromatic heterocycles. The van der Waals surface area contributed by atoms with Crippen LogP contribution in [0.1, 0.15) is 45.4 Å². The molecule has 3 unspecified atom stereocenters. The lowest BCUT2D eigenvalue weighted by Gasteiger charge is -2.25. The van der Waals surface area contributed by atoms with E-state index < -0.39 is 0 Å². The molecule has 2 nitrogen and oxygen atoms in total. The van der Waals surface area contributed by atoms with Crippen LogP contribution >= 0.6 is 0 Å². The molecule has 1 aliphatic heterocycles. The lowest BCUT2D eigenvalue weighted by molar-refractivity contribution is 0.160. The normalized spacial score (nSPS) is 37.7. The lowest BCUT2D eigenvalue weighted by atomic mass is 10.0. The van der Waals surface area contributed by atoms with Gasteiger partial charge in [0.05, 0.1) is 12.6 Å². The second-order valence-corrected chi connectivity index (χ2v) is 5.82. The summed E-state index contributed by atoms with van der Waals surface area (Å²) >= 11 is 0. The van der Waals surface area contributed by atoms with Gasteiger partial charge in [0.2, 0.25) is 0 Å². The highest BCUT2D eigenvalue weighted by Gasteiger charge is 2.55. The van der Waals surface area contributed by atoms with E-state index in [1.54, 1.807) is 0 Å². The number of nitrogens with one attached hydrogen (secondary N) is 1. The van der Waals surface area contributed by atoms with E-state index >= 15 is 0 Å². The van der Waals surface area contributed by atoms with E-state index in [0.717, 1.165) is 30.9 Å². The number of allylic oxidation sites excluding steroid dienone is 1. The predicted molar refractivity (Wildman–Crippen MR) is 69.7 cm³/mol. The van der Waals surface area contributed by atoms with Crippen molar-refractivity contribution in [2.45, 2.75) is 51.5 Å². The molecular weight excluding hydrogens is 210 g/mol. The summed E-state index contributed by atoms with van der Waals surface area (Å²) in [4.78, 5) is 0. The van der Waals surface area contributed by atoms with Crippen molar-refractivity contribution in [3.63, 3.8) is 0 Å². The molecule has 1 heterocycles. The molecule has 0 aromatic carbocycles. The molecule has 2 fully saturated rings. The van der Waals surface area contributed by atoms with Crippen molar-refractivity contribution in [1.82, 2.24) is 5.32 Å². The number of likely N-dealkylation sites (N-methyl/N-ethyl adjacent to an activating group) is 1. The summed E-state index contributed by atoms with van der Waals surface area (Å²) in [6.45, 7) is 4.19. The van der Waals surface area contributed by atoms with Crippen molar-refractivity contribution in [3.8, 4) is 0 Å². The summed E-state index contributed by atoms with van der Waals surface area (Å²) in [6.07, 6.45) is 10.6. The molecule has 2 aliphatic carbocycles. The minimum absolute atomic E-state index is 0.522. The van der Waals surface area contributed by atoms with Crippen LogP contribution in [0.5, 0.6) is 0 Å². The predicted octanol–water partition coefficient (Wildman–Crippen LogP) is 3.10. The van der Waals surface area contributed by atoms with E-state index in [-0.39, 0.29) is 0 Å². The zero-order chi connectivity index (χ0) is 11.7. The summed E-state index contributed by atoms with van der Waals surface area (Å²) in [5.41, 5.74) is 0. The molecule has 0 radical (unpaired) electrons. The Bertz CT molecular complexity index is 287. The summed E-state index contributed by atoms with van der Waals surface area (Å²) < 4.78 is 5.90. The Hall–Kier alpha value is -0.500. The molecule has 0 spiro atoms. The van der Waals surface area contributed by atoms with Gasteiger partial charge in [-0.2, -0.15) is 0 Å². The van der Waals surface area contributed by atoms with Gasteiger partial charge in [0.1, 0.15) is 5.76 Å². The summed E-state index contributed by atoms with van der Waals surface area (Å²) in [7, 11) is 0. The Kier molecular flexibility index (Phi) is 3.41. The Morgan fingerprint density at radius 1 is 1.29 bits per heavy atom. The van der Waals surface area contributed by atoms with Gasteiger partial charge in [-0.15, -0.1) is 0 Å². The van der Waals surface area contributed by atoms with Gasteiger partial charge in [-0.25, -0.2) is 0 Å². The van der Waals surface area contributed by atoms with Crippen molar-refractivity contribution < 1.29 is 4.74 Å². The molecule has 0 aromatic rings. The summed E-state index contributed by atoms with van der Waals surface area (Å²) in [5, 5.41) is 3.68. The van der Waals surface area contributed by atoms with Crippen LogP contribution in [0.25, 0.3) is 0 Å². The fourth-order valence-corrected chi connectivity index (χ4v) is 3.98. The number of ether oxygens (including phenoxy) is 1. The highest BCUT2D eigenvalue weighted by atomic mass is 16.5. The fraction of sp³-hybridized carbons (Fsp3) is 0.867. The molecule has 1 N–H and O–H groups in total. The molecule has 2 saturated carbocycles. The van der Waals surface area contributed by atoms with Gasteiger partial charge in [-0.1, -0.05) is 19.8 Å². The number of rotatable bonds is 4. The third-order valence-corrected chi connectivity index (χ3v) is 4.80. The number of fused-ring (bicyclic) bond motifs is 1. The molecule has 0 saturated heterocycles. The van der Waals surface area contributed by atoms with Gasteiger partial charge < -0.3 is 10.1 Å². The van der Waals surface area contributed by atoms with Crippen LogP contribution in [0.15, 0.2) is 11.8 Å². The topological polar surface area (TPSA) is 21.3 Å². The first-order valence-electron chi connectivity index (χ1n) is 7.48. The maximum atomic E-state index is 5.90. The second kappa shape index (κ2) is 5.01.